The predicted octanol–water partition coefficient (Wildman–Crippen LogP) is 1.64. The third kappa shape index (κ3) is 1.51. The summed E-state index contributed by atoms with van der Waals surface area (Å²) in [5.41, 5.74) is 0.893. The quantitative estimate of drug-likeness (QED) is 0.769. The average Bonchev–Trinajstić information content (AvgIpc) is 2.27. The minimum absolute atomic E-state index is 0.0167. The largest absolute Gasteiger partial charge is 0.508 e. The van der Waals surface area contributed by atoms with E-state index in [0.29, 0.717) is 14.8 Å². The topological polar surface area (TPSA) is 66.4 Å². The molecule has 16 heavy (non-hydrogen) atoms. The van der Waals surface area contributed by atoms with Crippen LogP contribution in [0.5, 0.6) is 5.75 Å². The molecule has 0 fully saturated rings. The number of rotatable bonds is 1. The van der Waals surface area contributed by atoms with Crippen molar-refractivity contribution in [3.05, 3.63) is 38.6 Å². The van der Waals surface area contributed by atoms with Gasteiger partial charge in [-0.05, 0) is 40.8 Å². The van der Waals surface area contributed by atoms with Gasteiger partial charge in [-0.25, -0.2) is 0 Å². The van der Waals surface area contributed by atoms with Gasteiger partial charge in [0.2, 0.25) is 11.6 Å². The zero-order chi connectivity index (χ0) is 11.9. The molecule has 0 aliphatic heterocycles. The summed E-state index contributed by atoms with van der Waals surface area (Å²) in [5.74, 6) is -0.478. The van der Waals surface area contributed by atoms with Crippen LogP contribution < -0.4 is 5.32 Å². The molecule has 0 atom stereocenters. The molecule has 0 amide bonds. The first-order valence-corrected chi connectivity index (χ1v) is 5.64. The Hall–Kier alpha value is -1.37. The number of likely N-dealkylation sites (N-methyl/N-ethyl adjacent to an activating group) is 1. The third-order valence-corrected chi connectivity index (χ3v) is 3.42. The van der Waals surface area contributed by atoms with Crippen LogP contribution in [0.2, 0.25) is 0 Å². The predicted molar refractivity (Wildman–Crippen MR) is 66.9 cm³/mol. The minimum atomic E-state index is -0.240. The van der Waals surface area contributed by atoms with Gasteiger partial charge in [0, 0.05) is 18.2 Å². The number of carbonyl (C=O) groups excluding carboxylic acids is 2. The van der Waals surface area contributed by atoms with Crippen molar-refractivity contribution < 1.29 is 14.7 Å². The Morgan fingerprint density at radius 2 is 1.88 bits per heavy atom. The number of ketones is 2. The van der Waals surface area contributed by atoms with Gasteiger partial charge < -0.3 is 10.4 Å². The monoisotopic (exact) mass is 329 g/mol. The van der Waals surface area contributed by atoms with Crippen LogP contribution in [0, 0.1) is 0 Å². The Morgan fingerprint density at radius 3 is 2.50 bits per heavy atom. The van der Waals surface area contributed by atoms with E-state index in [1.54, 1.807) is 7.05 Å². The molecular weight excluding hydrogens is 321 g/mol. The lowest BCUT2D eigenvalue weighted by Crippen LogP contribution is -2.26. The van der Waals surface area contributed by atoms with Crippen LogP contribution in [0.1, 0.15) is 20.7 Å². The van der Waals surface area contributed by atoms with Gasteiger partial charge in [0.25, 0.3) is 0 Å². The van der Waals surface area contributed by atoms with Crippen LogP contribution in [-0.2, 0) is 0 Å². The number of allylic oxidation sites excluding steroid dienone is 2. The van der Waals surface area contributed by atoms with Crippen molar-refractivity contribution in [2.45, 2.75) is 0 Å². The number of carbonyl (C=O) groups is 2. The number of hydrogen-bond donors (Lipinski definition) is 2. The third-order valence-electron chi connectivity index (χ3n) is 2.39. The number of phenols is 1. The van der Waals surface area contributed by atoms with E-state index >= 15 is 0 Å². The maximum atomic E-state index is 12.0. The first-order valence-electron chi connectivity index (χ1n) is 4.56. The Kier molecular flexibility index (Phi) is 2.71. The van der Waals surface area contributed by atoms with E-state index in [1.165, 1.54) is 18.2 Å². The van der Waals surface area contributed by atoms with Gasteiger partial charge in [-0.3, -0.25) is 9.59 Å². The molecule has 0 unspecified atom stereocenters. The number of hydrogen-bond acceptors (Lipinski definition) is 4. The highest BCUT2D eigenvalue weighted by molar-refractivity contribution is 14.1. The van der Waals surface area contributed by atoms with Crippen molar-refractivity contribution >= 4 is 34.2 Å². The summed E-state index contributed by atoms with van der Waals surface area (Å²) in [7, 11) is 1.60. The van der Waals surface area contributed by atoms with Crippen molar-refractivity contribution in [2.75, 3.05) is 7.05 Å². The van der Waals surface area contributed by atoms with Crippen LogP contribution in [0.4, 0.5) is 0 Å². The molecule has 0 bridgehead atoms. The van der Waals surface area contributed by atoms with Crippen molar-refractivity contribution in [3.8, 4) is 5.75 Å². The van der Waals surface area contributed by atoms with Gasteiger partial charge in [-0.15, -0.1) is 0 Å². The first-order chi connectivity index (χ1) is 7.56. The number of fused-ring (bicyclic) bond motifs is 1. The normalized spacial score (nSPS) is 15.1. The lowest BCUT2D eigenvalue weighted by Gasteiger charge is -2.17. The molecule has 0 aromatic heterocycles. The van der Waals surface area contributed by atoms with E-state index in [4.69, 9.17) is 0 Å². The highest BCUT2D eigenvalue weighted by Crippen LogP contribution is 2.30. The summed E-state index contributed by atoms with van der Waals surface area (Å²) in [6, 6.07) is 4.18. The number of benzene rings is 1. The van der Waals surface area contributed by atoms with Gasteiger partial charge in [0.15, 0.2) is 0 Å². The minimum Gasteiger partial charge on any atom is -0.508 e. The molecule has 2 rings (SSSR count). The highest BCUT2D eigenvalue weighted by atomic mass is 127. The molecular formula is C11H8INO3. The van der Waals surface area contributed by atoms with Crippen molar-refractivity contribution in [2.24, 2.45) is 0 Å². The van der Waals surface area contributed by atoms with E-state index in [-0.39, 0.29) is 22.9 Å². The number of Topliss-reactive ketones (excluding diaryl/α,β-unsaturated/α-hetero) is 2. The molecule has 1 aliphatic rings. The number of nitrogens with one attached hydrogen (secondary N) is 1. The van der Waals surface area contributed by atoms with Crippen molar-refractivity contribution in [1.29, 1.82) is 0 Å². The second-order valence-corrected chi connectivity index (χ2v) is 4.41. The first kappa shape index (κ1) is 11.1. The molecule has 0 radical (unpaired) electrons. The van der Waals surface area contributed by atoms with Crippen LogP contribution in [0.15, 0.2) is 27.5 Å². The number of phenolic OH excluding ortho intramolecular Hbond substituents is 1. The Balaban J connectivity index is 2.69. The summed E-state index contributed by atoms with van der Waals surface area (Å²) in [6.45, 7) is 0. The smallest absolute Gasteiger partial charge is 0.210 e. The average molecular weight is 329 g/mol. The molecule has 1 aromatic rings. The molecule has 4 nitrogen and oxygen atoms in total. The fraction of sp³-hybridized carbons (Fsp3) is 0.0909. The summed E-state index contributed by atoms with van der Waals surface area (Å²) < 4.78 is 0.350. The molecule has 0 saturated carbocycles. The van der Waals surface area contributed by atoms with Gasteiger partial charge in [0.05, 0.1) is 3.58 Å². The molecule has 1 aliphatic carbocycles. The summed E-state index contributed by atoms with van der Waals surface area (Å²) in [5, 5.41) is 12.0. The molecule has 82 valence electrons. The molecule has 0 saturated heterocycles. The van der Waals surface area contributed by atoms with Crippen LogP contribution in [0.3, 0.4) is 0 Å². The number of halogens is 1. The molecule has 5 heteroatoms. The fourth-order valence-electron chi connectivity index (χ4n) is 1.61. The standard InChI is InChI=1S/C11H8INO3/c1-13-9-8(12)10(15)7-4-5(14)2-3-6(7)11(9)16/h2-4,13-14H,1H3. The highest BCUT2D eigenvalue weighted by Gasteiger charge is 2.30. The maximum Gasteiger partial charge on any atom is 0.210 e. The Morgan fingerprint density at radius 1 is 1.19 bits per heavy atom. The van der Waals surface area contributed by atoms with Gasteiger partial charge in [-0.1, -0.05) is 0 Å². The molecule has 0 heterocycles. The SMILES string of the molecule is CNC1=C(I)C(=O)c2cc(O)ccc2C1=O. The Bertz CT molecular complexity index is 534. The second kappa shape index (κ2) is 3.89. The maximum absolute atomic E-state index is 12.0. The van der Waals surface area contributed by atoms with Crippen LogP contribution >= 0.6 is 22.6 Å². The van der Waals surface area contributed by atoms with E-state index in [2.05, 4.69) is 5.32 Å². The van der Waals surface area contributed by atoms with Crippen LogP contribution in [0.25, 0.3) is 0 Å². The van der Waals surface area contributed by atoms with E-state index in [9.17, 15) is 14.7 Å². The zero-order valence-corrected chi connectivity index (χ0v) is 10.5. The molecule has 1 aromatic carbocycles. The van der Waals surface area contributed by atoms with Gasteiger partial charge in [-0.2, -0.15) is 0 Å². The van der Waals surface area contributed by atoms with Crippen molar-refractivity contribution in [1.82, 2.24) is 5.32 Å². The lowest BCUT2D eigenvalue weighted by molar-refractivity contribution is 0.0977. The molecule has 0 spiro atoms. The van der Waals surface area contributed by atoms with Crippen molar-refractivity contribution in [3.63, 3.8) is 0 Å². The summed E-state index contributed by atoms with van der Waals surface area (Å²) >= 11 is 1.83. The summed E-state index contributed by atoms with van der Waals surface area (Å²) in [4.78, 5) is 23.9. The van der Waals surface area contributed by atoms with Gasteiger partial charge >= 0.3 is 0 Å². The van der Waals surface area contributed by atoms with Crippen LogP contribution in [-0.4, -0.2) is 23.7 Å². The number of aromatic hydroxyl groups is 1. The second-order valence-electron chi connectivity index (χ2n) is 3.33. The van der Waals surface area contributed by atoms with E-state index in [1.807, 2.05) is 22.6 Å². The van der Waals surface area contributed by atoms with E-state index < -0.39 is 0 Å². The summed E-state index contributed by atoms with van der Waals surface area (Å²) in [6.07, 6.45) is 0. The molecule has 2 N–H and O–H groups in total. The Labute approximate surface area is 105 Å². The lowest BCUT2D eigenvalue weighted by atomic mass is 9.92. The van der Waals surface area contributed by atoms with E-state index in [0.717, 1.165) is 0 Å². The zero-order valence-electron chi connectivity index (χ0n) is 8.37. The fourth-order valence-corrected chi connectivity index (χ4v) is 2.41. The van der Waals surface area contributed by atoms with Gasteiger partial charge in [0.1, 0.15) is 11.4 Å².